The highest BCUT2D eigenvalue weighted by molar-refractivity contribution is 9.08. The van der Waals surface area contributed by atoms with Crippen LogP contribution >= 0.6 is 27.7 Å². The molecule has 0 radical (unpaired) electrons. The van der Waals surface area contributed by atoms with Crippen molar-refractivity contribution in [1.29, 1.82) is 0 Å². The Kier molecular flexibility index (Phi) is 9.08. The molecule has 1 aliphatic heterocycles. The summed E-state index contributed by atoms with van der Waals surface area (Å²) >= 11 is 5.69. The van der Waals surface area contributed by atoms with Crippen LogP contribution in [0, 0.1) is 5.92 Å². The Balaban J connectivity index is 1.63. The van der Waals surface area contributed by atoms with Crippen molar-refractivity contribution in [2.24, 2.45) is 5.92 Å². The Morgan fingerprint density at radius 2 is 1.33 bits per heavy atom. The van der Waals surface area contributed by atoms with E-state index >= 15 is 0 Å². The molecule has 1 aliphatic rings. The van der Waals surface area contributed by atoms with Gasteiger partial charge in [-0.3, -0.25) is 0 Å². The largest absolute Gasteiger partial charge is 0.370 e. The molecule has 0 spiro atoms. The lowest BCUT2D eigenvalue weighted by atomic mass is 9.89. The van der Waals surface area contributed by atoms with Gasteiger partial charge in [0.05, 0.1) is 24.6 Å². The van der Waals surface area contributed by atoms with Crippen molar-refractivity contribution in [3.63, 3.8) is 0 Å². The van der Waals surface area contributed by atoms with Crippen LogP contribution in [-0.2, 0) is 28.0 Å². The molecule has 0 saturated carbocycles. The number of hydrogen-bond donors (Lipinski definition) is 0. The molecular formula is C29H33BrO2S. The Hall–Kier alpha value is -1.59. The monoisotopic (exact) mass is 524 g/mol. The number of rotatable bonds is 9. The van der Waals surface area contributed by atoms with Crippen molar-refractivity contribution < 1.29 is 9.47 Å². The molecule has 1 saturated heterocycles. The van der Waals surface area contributed by atoms with E-state index in [1.54, 1.807) is 0 Å². The average Bonchev–Trinajstić information content (AvgIpc) is 2.88. The molecule has 4 heteroatoms. The molecule has 33 heavy (non-hydrogen) atoms. The molecule has 0 bridgehead atoms. The van der Waals surface area contributed by atoms with E-state index in [9.17, 15) is 0 Å². The quantitative estimate of drug-likeness (QED) is 0.264. The minimum atomic E-state index is -0.0257. The van der Waals surface area contributed by atoms with E-state index in [0.717, 1.165) is 11.8 Å². The van der Waals surface area contributed by atoms with Crippen molar-refractivity contribution in [3.8, 4) is 0 Å². The zero-order chi connectivity index (χ0) is 23.0. The first-order chi connectivity index (χ1) is 16.2. The fourth-order valence-electron chi connectivity index (χ4n) is 4.62. The molecule has 0 aliphatic carbocycles. The van der Waals surface area contributed by atoms with Gasteiger partial charge in [-0.2, -0.15) is 0 Å². The highest BCUT2D eigenvalue weighted by Crippen LogP contribution is 2.49. The van der Waals surface area contributed by atoms with E-state index in [-0.39, 0.29) is 17.5 Å². The third-order valence-electron chi connectivity index (χ3n) is 6.46. The predicted molar refractivity (Wildman–Crippen MR) is 143 cm³/mol. The summed E-state index contributed by atoms with van der Waals surface area (Å²) in [4.78, 5) is 0. The number of ether oxygens (including phenoxy) is 2. The van der Waals surface area contributed by atoms with E-state index in [4.69, 9.17) is 9.47 Å². The molecular weight excluding hydrogens is 492 g/mol. The first-order valence-corrected chi connectivity index (χ1v) is 13.9. The van der Waals surface area contributed by atoms with E-state index < -0.39 is 0 Å². The van der Waals surface area contributed by atoms with Crippen LogP contribution in [0.25, 0.3) is 0 Å². The van der Waals surface area contributed by atoms with Crippen molar-refractivity contribution >= 4 is 27.7 Å². The third-order valence-corrected chi connectivity index (χ3v) is 9.05. The molecule has 5 atom stereocenters. The van der Waals surface area contributed by atoms with Crippen molar-refractivity contribution in [2.75, 3.05) is 0 Å². The van der Waals surface area contributed by atoms with Gasteiger partial charge >= 0.3 is 0 Å². The van der Waals surface area contributed by atoms with Gasteiger partial charge in [-0.1, -0.05) is 115 Å². The van der Waals surface area contributed by atoms with Crippen LogP contribution in [0.1, 0.15) is 47.8 Å². The van der Waals surface area contributed by atoms with Crippen LogP contribution in [0.2, 0.25) is 0 Å². The molecule has 3 aromatic carbocycles. The smallest absolute Gasteiger partial charge is 0.100 e. The van der Waals surface area contributed by atoms with Crippen molar-refractivity contribution in [1.82, 2.24) is 0 Å². The number of alkyl halides is 1. The van der Waals surface area contributed by atoms with E-state index in [2.05, 4.69) is 120 Å². The van der Waals surface area contributed by atoms with Gasteiger partial charge < -0.3 is 9.47 Å². The normalized spacial score (nSPS) is 25.1. The number of benzene rings is 3. The fourth-order valence-corrected chi connectivity index (χ4v) is 6.64. The van der Waals surface area contributed by atoms with E-state index in [0.29, 0.717) is 24.4 Å². The molecule has 174 valence electrons. The van der Waals surface area contributed by atoms with Crippen LogP contribution in [-0.4, -0.2) is 17.5 Å². The summed E-state index contributed by atoms with van der Waals surface area (Å²) in [5.74, 6) is 0.403. The van der Waals surface area contributed by atoms with Gasteiger partial charge in [-0.05, 0) is 34.6 Å². The Morgan fingerprint density at radius 3 is 1.91 bits per heavy atom. The van der Waals surface area contributed by atoms with Gasteiger partial charge in [-0.25, -0.2) is 0 Å². The molecule has 0 N–H and O–H groups in total. The number of halogens is 1. The maximum absolute atomic E-state index is 6.72. The SMILES string of the molecule is CC[C@H]1S[C@@H](c2cccc(CBr)c2)[C@H](OCc2ccccc2)[C@@H](OCc2ccccc2)[C@@H]1C. The lowest BCUT2D eigenvalue weighted by molar-refractivity contribution is -0.112. The second kappa shape index (κ2) is 12.2. The summed E-state index contributed by atoms with van der Waals surface area (Å²) in [6, 6.07) is 29.8. The second-order valence-corrected chi connectivity index (χ2v) is 10.7. The van der Waals surface area contributed by atoms with Crippen molar-refractivity contribution in [3.05, 3.63) is 107 Å². The molecule has 0 aromatic heterocycles. The minimum Gasteiger partial charge on any atom is -0.370 e. The van der Waals surface area contributed by atoms with Gasteiger partial charge in [0.15, 0.2) is 0 Å². The van der Waals surface area contributed by atoms with Gasteiger partial charge in [-0.15, -0.1) is 11.8 Å². The molecule has 1 heterocycles. The van der Waals surface area contributed by atoms with Crippen LogP contribution in [0.3, 0.4) is 0 Å². The predicted octanol–water partition coefficient (Wildman–Crippen LogP) is 7.95. The minimum absolute atomic E-state index is 0.0257. The van der Waals surface area contributed by atoms with Crippen LogP contribution in [0.5, 0.6) is 0 Å². The lowest BCUT2D eigenvalue weighted by Crippen LogP contribution is -2.48. The van der Waals surface area contributed by atoms with Crippen LogP contribution in [0.4, 0.5) is 0 Å². The number of hydrogen-bond acceptors (Lipinski definition) is 3. The molecule has 0 amide bonds. The van der Waals surface area contributed by atoms with Gasteiger partial charge in [0, 0.05) is 10.6 Å². The van der Waals surface area contributed by atoms with E-state index in [1.807, 2.05) is 6.07 Å². The second-order valence-electron chi connectivity index (χ2n) is 8.76. The first-order valence-electron chi connectivity index (χ1n) is 11.8. The Labute approximate surface area is 211 Å². The summed E-state index contributed by atoms with van der Waals surface area (Å²) in [5.41, 5.74) is 5.02. The third kappa shape index (κ3) is 6.30. The highest BCUT2D eigenvalue weighted by atomic mass is 79.9. The topological polar surface area (TPSA) is 18.5 Å². The maximum atomic E-state index is 6.72. The summed E-state index contributed by atoms with van der Waals surface area (Å²) in [5, 5.41) is 1.62. The standard InChI is InChI=1S/C29H33BrO2S/c1-3-26-21(2)27(31-19-22-11-6-4-7-12-22)28(32-20-23-13-8-5-9-14-23)29(33-26)25-16-10-15-24(17-25)18-30/h4-17,21,26-29H,3,18-20H2,1-2H3/t21-,26-,27+,28-,29+/m1/s1. The zero-order valence-corrected chi connectivity index (χ0v) is 21.8. The van der Waals surface area contributed by atoms with Crippen molar-refractivity contribution in [2.45, 2.75) is 61.5 Å². The highest BCUT2D eigenvalue weighted by Gasteiger charge is 2.45. The van der Waals surface area contributed by atoms with Crippen LogP contribution in [0.15, 0.2) is 84.9 Å². The number of thioether (sulfide) groups is 1. The molecule has 3 aromatic rings. The van der Waals surface area contributed by atoms with Gasteiger partial charge in [0.2, 0.25) is 0 Å². The molecule has 1 fully saturated rings. The zero-order valence-electron chi connectivity index (χ0n) is 19.4. The lowest BCUT2D eigenvalue weighted by Gasteiger charge is -2.45. The fraction of sp³-hybridized carbons (Fsp3) is 0.379. The summed E-state index contributed by atoms with van der Waals surface area (Å²) in [6.45, 7) is 5.83. The molecule has 2 nitrogen and oxygen atoms in total. The summed E-state index contributed by atoms with van der Waals surface area (Å²) < 4.78 is 13.4. The molecule has 4 rings (SSSR count). The summed E-state index contributed by atoms with van der Waals surface area (Å²) in [7, 11) is 0. The summed E-state index contributed by atoms with van der Waals surface area (Å²) in [6.07, 6.45) is 1.12. The Bertz CT molecular complexity index is 981. The maximum Gasteiger partial charge on any atom is 0.100 e. The Morgan fingerprint density at radius 1 is 0.758 bits per heavy atom. The molecule has 0 unspecified atom stereocenters. The van der Waals surface area contributed by atoms with Crippen LogP contribution < -0.4 is 0 Å². The van der Waals surface area contributed by atoms with Gasteiger partial charge in [0.1, 0.15) is 6.10 Å². The first kappa shape index (κ1) is 24.5. The van der Waals surface area contributed by atoms with Gasteiger partial charge in [0.25, 0.3) is 0 Å². The average molecular weight is 526 g/mol. The van der Waals surface area contributed by atoms with E-state index in [1.165, 1.54) is 22.3 Å².